The number of unbranched alkanes of at least 4 members (excludes halogenated alkanes) is 2. The van der Waals surface area contributed by atoms with Crippen LogP contribution in [-0.4, -0.2) is 22.0 Å². The summed E-state index contributed by atoms with van der Waals surface area (Å²) in [5.74, 6) is 0. The largest absolute Gasteiger partial charge is 0.345 e. The second kappa shape index (κ2) is 11.2. The summed E-state index contributed by atoms with van der Waals surface area (Å²) in [6.07, 6.45) is 6.26. The number of hydrogen-bond acceptors (Lipinski definition) is 1. The first kappa shape index (κ1) is 21.7. The summed E-state index contributed by atoms with van der Waals surface area (Å²) >= 11 is 0. The molecule has 30 heavy (non-hydrogen) atoms. The number of aryl methyl sites for hydroxylation is 1. The van der Waals surface area contributed by atoms with Crippen LogP contribution < -0.4 is 5.32 Å². The van der Waals surface area contributed by atoms with Gasteiger partial charge in [-0.3, -0.25) is 0 Å². The van der Waals surface area contributed by atoms with Gasteiger partial charge in [0.15, 0.2) is 0 Å². The Morgan fingerprint density at radius 2 is 1.70 bits per heavy atom. The lowest BCUT2D eigenvalue weighted by Gasteiger charge is -2.25. The van der Waals surface area contributed by atoms with Gasteiger partial charge < -0.3 is 14.8 Å². The van der Waals surface area contributed by atoms with E-state index in [2.05, 4.69) is 72.4 Å². The van der Waals surface area contributed by atoms with Gasteiger partial charge in [0, 0.05) is 30.7 Å². The Labute approximate surface area is 180 Å². The summed E-state index contributed by atoms with van der Waals surface area (Å²) in [6, 6.07) is 22.6. The van der Waals surface area contributed by atoms with Crippen molar-refractivity contribution in [2.45, 2.75) is 52.6 Å². The van der Waals surface area contributed by atoms with E-state index in [0.29, 0.717) is 6.54 Å². The highest BCUT2D eigenvalue weighted by Gasteiger charge is 2.17. The van der Waals surface area contributed by atoms with E-state index in [1.807, 2.05) is 29.2 Å². The molecule has 0 saturated carbocycles. The van der Waals surface area contributed by atoms with Gasteiger partial charge in [0.05, 0.1) is 6.54 Å². The van der Waals surface area contributed by atoms with Crippen LogP contribution in [0.3, 0.4) is 0 Å². The number of rotatable bonds is 10. The van der Waals surface area contributed by atoms with Crippen molar-refractivity contribution in [2.75, 3.05) is 11.9 Å². The summed E-state index contributed by atoms with van der Waals surface area (Å²) in [4.78, 5) is 15.1. The van der Waals surface area contributed by atoms with Gasteiger partial charge in [-0.2, -0.15) is 0 Å². The number of carbonyl (C=O) groups is 1. The lowest BCUT2D eigenvalue weighted by molar-refractivity contribution is 0.206. The minimum absolute atomic E-state index is 0.0283. The molecule has 4 nitrogen and oxygen atoms in total. The van der Waals surface area contributed by atoms with E-state index in [1.54, 1.807) is 0 Å². The fourth-order valence-corrected chi connectivity index (χ4v) is 3.67. The molecular formula is C26H33N3O. The number of aromatic nitrogens is 1. The topological polar surface area (TPSA) is 37.3 Å². The minimum atomic E-state index is -0.0283. The lowest BCUT2D eigenvalue weighted by Crippen LogP contribution is -2.36. The third kappa shape index (κ3) is 5.99. The molecule has 4 heteroatoms. The zero-order valence-corrected chi connectivity index (χ0v) is 18.2. The smallest absolute Gasteiger partial charge is 0.322 e. The Hall–Kier alpha value is -3.01. The Bertz CT molecular complexity index is 917. The van der Waals surface area contributed by atoms with Gasteiger partial charge in [0.2, 0.25) is 0 Å². The molecule has 2 amide bonds. The monoisotopic (exact) mass is 403 g/mol. The molecule has 158 valence electrons. The SMILES string of the molecule is CCCCCN(Cc1cccn1Cc1ccccc1)C(=O)Nc1ccccc1CC. The molecule has 2 aromatic carbocycles. The summed E-state index contributed by atoms with van der Waals surface area (Å²) in [6.45, 7) is 6.47. The van der Waals surface area contributed by atoms with Crippen LogP contribution in [0.15, 0.2) is 72.9 Å². The molecule has 3 aromatic rings. The predicted octanol–water partition coefficient (Wildman–Crippen LogP) is 6.32. The first-order valence-corrected chi connectivity index (χ1v) is 11.0. The zero-order valence-electron chi connectivity index (χ0n) is 18.2. The molecule has 1 N–H and O–H groups in total. The summed E-state index contributed by atoms with van der Waals surface area (Å²) < 4.78 is 2.23. The third-order valence-corrected chi connectivity index (χ3v) is 5.43. The quantitative estimate of drug-likeness (QED) is 0.395. The van der Waals surface area contributed by atoms with Crippen LogP contribution >= 0.6 is 0 Å². The maximum absolute atomic E-state index is 13.2. The number of carbonyl (C=O) groups excluding carboxylic acids is 1. The average molecular weight is 404 g/mol. The molecule has 0 bridgehead atoms. The zero-order chi connectivity index (χ0) is 21.2. The van der Waals surface area contributed by atoms with Crippen molar-refractivity contribution >= 4 is 11.7 Å². The Balaban J connectivity index is 1.74. The highest BCUT2D eigenvalue weighted by Crippen LogP contribution is 2.18. The van der Waals surface area contributed by atoms with Crippen molar-refractivity contribution in [1.82, 2.24) is 9.47 Å². The van der Waals surface area contributed by atoms with Crippen LogP contribution in [0.2, 0.25) is 0 Å². The van der Waals surface area contributed by atoms with Crippen molar-refractivity contribution in [1.29, 1.82) is 0 Å². The normalized spacial score (nSPS) is 10.7. The predicted molar refractivity (Wildman–Crippen MR) is 125 cm³/mol. The van der Waals surface area contributed by atoms with Crippen molar-refractivity contribution in [2.24, 2.45) is 0 Å². The van der Waals surface area contributed by atoms with Crippen molar-refractivity contribution in [3.8, 4) is 0 Å². The second-order valence-corrected chi connectivity index (χ2v) is 7.68. The molecule has 0 fully saturated rings. The number of nitrogens with zero attached hydrogens (tertiary/aromatic N) is 2. The Kier molecular flexibility index (Phi) is 8.13. The molecule has 3 rings (SSSR count). The first-order valence-electron chi connectivity index (χ1n) is 11.0. The van der Waals surface area contributed by atoms with E-state index in [-0.39, 0.29) is 6.03 Å². The summed E-state index contributed by atoms with van der Waals surface area (Å²) in [5, 5.41) is 3.15. The van der Waals surface area contributed by atoms with Crippen LogP contribution in [0.1, 0.15) is 49.9 Å². The molecule has 0 aliphatic rings. The first-order chi connectivity index (χ1) is 14.7. The molecule has 0 unspecified atom stereocenters. The molecule has 1 heterocycles. The van der Waals surface area contributed by atoms with Crippen LogP contribution in [0.4, 0.5) is 10.5 Å². The molecule has 0 atom stereocenters. The van der Waals surface area contributed by atoms with Crippen molar-refractivity contribution in [3.05, 3.63) is 89.7 Å². The van der Waals surface area contributed by atoms with Gasteiger partial charge in [-0.15, -0.1) is 0 Å². The molecule has 0 aliphatic carbocycles. The Morgan fingerprint density at radius 1 is 0.933 bits per heavy atom. The highest BCUT2D eigenvalue weighted by atomic mass is 16.2. The van der Waals surface area contributed by atoms with E-state index in [1.165, 1.54) is 5.56 Å². The molecule has 1 aromatic heterocycles. The van der Waals surface area contributed by atoms with Crippen molar-refractivity contribution in [3.63, 3.8) is 0 Å². The van der Waals surface area contributed by atoms with Crippen LogP contribution in [0.5, 0.6) is 0 Å². The van der Waals surface area contributed by atoms with E-state index in [9.17, 15) is 4.79 Å². The average Bonchev–Trinajstić information content (AvgIpc) is 3.20. The van der Waals surface area contributed by atoms with Gasteiger partial charge in [-0.1, -0.05) is 75.2 Å². The maximum Gasteiger partial charge on any atom is 0.322 e. The number of benzene rings is 2. The summed E-state index contributed by atoms with van der Waals surface area (Å²) in [7, 11) is 0. The molecule has 0 aliphatic heterocycles. The molecule has 0 spiro atoms. The number of urea groups is 1. The number of hydrogen-bond donors (Lipinski definition) is 1. The van der Waals surface area contributed by atoms with E-state index in [0.717, 1.165) is 55.7 Å². The molecular weight excluding hydrogens is 370 g/mol. The van der Waals surface area contributed by atoms with E-state index >= 15 is 0 Å². The fourth-order valence-electron chi connectivity index (χ4n) is 3.67. The van der Waals surface area contributed by atoms with Gasteiger partial charge in [-0.25, -0.2) is 4.79 Å². The standard InChI is InChI=1S/C26H33N3O/c1-3-5-11-18-29(26(30)27-25-17-10-9-15-23(25)4-2)21-24-16-12-19-28(24)20-22-13-7-6-8-14-22/h6-10,12-17,19H,3-5,11,18,20-21H2,1-2H3,(H,27,30). The third-order valence-electron chi connectivity index (χ3n) is 5.43. The van der Waals surface area contributed by atoms with Crippen LogP contribution in [-0.2, 0) is 19.5 Å². The van der Waals surface area contributed by atoms with Gasteiger partial charge in [-0.05, 0) is 42.2 Å². The van der Waals surface area contributed by atoms with Crippen LogP contribution in [0, 0.1) is 0 Å². The van der Waals surface area contributed by atoms with Crippen LogP contribution in [0.25, 0.3) is 0 Å². The number of anilines is 1. The fraction of sp³-hybridized carbons (Fsp3) is 0.346. The molecule has 0 radical (unpaired) electrons. The summed E-state index contributed by atoms with van der Waals surface area (Å²) in [5.41, 5.74) is 4.47. The van der Waals surface area contributed by atoms with E-state index < -0.39 is 0 Å². The minimum Gasteiger partial charge on any atom is -0.345 e. The lowest BCUT2D eigenvalue weighted by atomic mass is 10.1. The second-order valence-electron chi connectivity index (χ2n) is 7.68. The van der Waals surface area contributed by atoms with Gasteiger partial charge >= 0.3 is 6.03 Å². The highest BCUT2D eigenvalue weighted by molar-refractivity contribution is 5.90. The number of nitrogens with one attached hydrogen (secondary N) is 1. The van der Waals surface area contributed by atoms with Crippen molar-refractivity contribution < 1.29 is 4.79 Å². The molecule has 0 saturated heterocycles. The Morgan fingerprint density at radius 3 is 2.47 bits per heavy atom. The number of para-hydroxylation sites is 1. The van der Waals surface area contributed by atoms with E-state index in [4.69, 9.17) is 0 Å². The maximum atomic E-state index is 13.2. The number of amides is 2. The van der Waals surface area contributed by atoms with Gasteiger partial charge in [0.25, 0.3) is 0 Å². The van der Waals surface area contributed by atoms with Gasteiger partial charge in [0.1, 0.15) is 0 Å².